The molecule has 0 saturated carbocycles. The summed E-state index contributed by atoms with van der Waals surface area (Å²) in [4.78, 5) is 46.2. The molecule has 5 rings (SSSR count). The molecule has 0 unspecified atom stereocenters. The number of thioether (sulfide) groups is 1. The van der Waals surface area contributed by atoms with Crippen LogP contribution in [0.25, 0.3) is 5.69 Å². The number of piperazine rings is 1. The average molecular weight is 471 g/mol. The number of anilines is 1. The summed E-state index contributed by atoms with van der Waals surface area (Å²) in [6.45, 7) is 2.30. The zero-order valence-electron chi connectivity index (χ0n) is 17.0. The molecular weight excluding hydrogens is 452 g/mol. The van der Waals surface area contributed by atoms with Gasteiger partial charge in [0.25, 0.3) is 17.0 Å². The first-order valence-corrected chi connectivity index (χ1v) is 11.5. The molecule has 0 atom stereocenters. The number of rotatable bonds is 3. The molecule has 1 aromatic carbocycles. The number of benzene rings is 1. The number of hydrogen-bond acceptors (Lipinski definition) is 7. The van der Waals surface area contributed by atoms with Crippen LogP contribution in [0.4, 0.5) is 5.69 Å². The fraction of sp³-hybridized carbons (Fsp3) is 0.286. The summed E-state index contributed by atoms with van der Waals surface area (Å²) in [5, 5.41) is 5.02. The van der Waals surface area contributed by atoms with Crippen molar-refractivity contribution >= 4 is 35.0 Å². The van der Waals surface area contributed by atoms with Crippen LogP contribution < -0.4 is 16.0 Å². The fourth-order valence-corrected chi connectivity index (χ4v) is 5.04. The third kappa shape index (κ3) is 3.59. The lowest BCUT2D eigenvalue weighted by molar-refractivity contribution is 0.0743. The van der Waals surface area contributed by atoms with E-state index in [1.807, 2.05) is 23.1 Å². The Morgan fingerprint density at radius 3 is 2.47 bits per heavy atom. The highest BCUT2D eigenvalue weighted by Crippen LogP contribution is 2.24. The molecule has 164 valence electrons. The summed E-state index contributed by atoms with van der Waals surface area (Å²) >= 11 is 7.91. The zero-order chi connectivity index (χ0) is 22.2. The van der Waals surface area contributed by atoms with Crippen molar-refractivity contribution < 1.29 is 4.79 Å². The molecule has 0 radical (unpaired) electrons. The lowest BCUT2D eigenvalue weighted by Crippen LogP contribution is -2.50. The van der Waals surface area contributed by atoms with E-state index in [1.165, 1.54) is 22.6 Å². The molecule has 9 nitrogen and oxygen atoms in total. The van der Waals surface area contributed by atoms with E-state index >= 15 is 0 Å². The van der Waals surface area contributed by atoms with Gasteiger partial charge < -0.3 is 9.80 Å². The average Bonchev–Trinajstić information content (AvgIpc) is 3.31. The van der Waals surface area contributed by atoms with Gasteiger partial charge in [0.1, 0.15) is 10.6 Å². The summed E-state index contributed by atoms with van der Waals surface area (Å²) in [5.41, 5.74) is 0.573. The van der Waals surface area contributed by atoms with Gasteiger partial charge in [-0.1, -0.05) is 41.6 Å². The normalized spacial score (nSPS) is 15.7. The van der Waals surface area contributed by atoms with Crippen molar-refractivity contribution in [3.63, 3.8) is 0 Å². The number of amides is 1. The van der Waals surface area contributed by atoms with Crippen molar-refractivity contribution in [3.8, 4) is 5.69 Å². The Bertz CT molecular complexity index is 1300. The van der Waals surface area contributed by atoms with E-state index < -0.39 is 5.56 Å². The van der Waals surface area contributed by atoms with Crippen molar-refractivity contribution in [1.82, 2.24) is 24.2 Å². The van der Waals surface area contributed by atoms with Gasteiger partial charge in [-0.05, 0) is 12.1 Å². The molecule has 2 aliphatic rings. The summed E-state index contributed by atoms with van der Waals surface area (Å²) in [6, 6.07) is 9.07. The molecule has 11 heteroatoms. The number of fused-ring (bicyclic) bond motifs is 1. The highest BCUT2D eigenvalue weighted by atomic mass is 35.5. The van der Waals surface area contributed by atoms with Crippen LogP contribution >= 0.6 is 23.4 Å². The first kappa shape index (κ1) is 20.8. The summed E-state index contributed by atoms with van der Waals surface area (Å²) in [6.07, 6.45) is 2.95. The molecule has 1 saturated heterocycles. The molecule has 2 aromatic heterocycles. The number of para-hydroxylation sites is 1. The Morgan fingerprint density at radius 1 is 0.969 bits per heavy atom. The highest BCUT2D eigenvalue weighted by Gasteiger charge is 2.28. The molecule has 0 aliphatic carbocycles. The van der Waals surface area contributed by atoms with Crippen LogP contribution in [0.1, 0.15) is 10.4 Å². The Morgan fingerprint density at radius 2 is 1.72 bits per heavy atom. The van der Waals surface area contributed by atoms with Gasteiger partial charge in [-0.25, -0.2) is 4.98 Å². The molecule has 0 N–H and O–H groups in total. The van der Waals surface area contributed by atoms with E-state index in [-0.39, 0.29) is 22.1 Å². The van der Waals surface area contributed by atoms with Gasteiger partial charge in [-0.3, -0.25) is 19.0 Å². The maximum absolute atomic E-state index is 12.9. The number of halogens is 1. The number of carbonyl (C=O) groups excluding carboxylic acids is 1. The van der Waals surface area contributed by atoms with Crippen molar-refractivity contribution in [2.24, 2.45) is 0 Å². The predicted octanol–water partition coefficient (Wildman–Crippen LogP) is 1.51. The van der Waals surface area contributed by atoms with Gasteiger partial charge in [-0.15, -0.1) is 0 Å². The van der Waals surface area contributed by atoms with Gasteiger partial charge in [0.2, 0.25) is 0 Å². The smallest absolute Gasteiger partial charge is 0.292 e. The minimum atomic E-state index is -0.399. The maximum Gasteiger partial charge on any atom is 0.292 e. The molecule has 4 heterocycles. The standard InChI is InChI=1S/C21H19ClN6O3S/c22-17-16(13-24-28(20(17)31)14-4-2-1-3-5-14)25-6-8-26(9-7-25)18(29)15-12-23-21-27(19(15)30)10-11-32-21/h1-5,12-13H,6-11H2. The second-order valence-electron chi connectivity index (χ2n) is 7.44. The SMILES string of the molecule is O=C(c1cnc2n(c1=O)CCS2)N1CCN(c2cnn(-c3ccccc3)c(=O)c2Cl)CC1. The van der Waals surface area contributed by atoms with E-state index in [9.17, 15) is 14.4 Å². The Balaban J connectivity index is 1.32. The van der Waals surface area contributed by atoms with E-state index in [1.54, 1.807) is 27.8 Å². The lowest BCUT2D eigenvalue weighted by Gasteiger charge is -2.36. The number of carbonyl (C=O) groups is 1. The van der Waals surface area contributed by atoms with Gasteiger partial charge in [0, 0.05) is 44.7 Å². The lowest BCUT2D eigenvalue weighted by atomic mass is 10.2. The third-order valence-corrected chi connectivity index (χ3v) is 6.92. The van der Waals surface area contributed by atoms with Gasteiger partial charge in [0.15, 0.2) is 5.16 Å². The zero-order valence-corrected chi connectivity index (χ0v) is 18.6. The fourth-order valence-electron chi connectivity index (χ4n) is 3.88. The molecule has 0 bridgehead atoms. The summed E-state index contributed by atoms with van der Waals surface area (Å²) < 4.78 is 2.82. The molecule has 1 amide bonds. The summed E-state index contributed by atoms with van der Waals surface area (Å²) in [7, 11) is 0. The molecule has 3 aromatic rings. The molecule has 1 fully saturated rings. The van der Waals surface area contributed by atoms with Crippen molar-refractivity contribution in [1.29, 1.82) is 0 Å². The molecule has 32 heavy (non-hydrogen) atoms. The van der Waals surface area contributed by atoms with Crippen LogP contribution in [0.3, 0.4) is 0 Å². The van der Waals surface area contributed by atoms with Crippen LogP contribution in [-0.2, 0) is 6.54 Å². The Kier molecular flexibility index (Phi) is 5.48. The molecule has 0 spiro atoms. The second-order valence-corrected chi connectivity index (χ2v) is 8.88. The predicted molar refractivity (Wildman–Crippen MR) is 122 cm³/mol. The van der Waals surface area contributed by atoms with Crippen LogP contribution in [0.5, 0.6) is 0 Å². The molecule has 2 aliphatic heterocycles. The van der Waals surface area contributed by atoms with E-state index in [0.717, 1.165) is 5.75 Å². The first-order chi connectivity index (χ1) is 15.5. The van der Waals surface area contributed by atoms with Crippen LogP contribution in [0.15, 0.2) is 57.5 Å². The Labute approximate surface area is 192 Å². The van der Waals surface area contributed by atoms with Crippen molar-refractivity contribution in [2.75, 3.05) is 36.8 Å². The van der Waals surface area contributed by atoms with Crippen LogP contribution in [-0.4, -0.2) is 62.1 Å². The van der Waals surface area contributed by atoms with Crippen LogP contribution in [0, 0.1) is 0 Å². The minimum Gasteiger partial charge on any atom is -0.365 e. The second kappa shape index (κ2) is 8.44. The highest BCUT2D eigenvalue weighted by molar-refractivity contribution is 7.99. The van der Waals surface area contributed by atoms with Crippen molar-refractivity contribution in [2.45, 2.75) is 11.7 Å². The maximum atomic E-state index is 12.9. The van der Waals surface area contributed by atoms with Gasteiger partial charge >= 0.3 is 0 Å². The van der Waals surface area contributed by atoms with Gasteiger partial charge in [0.05, 0.1) is 17.6 Å². The summed E-state index contributed by atoms with van der Waals surface area (Å²) in [5.74, 6) is 0.467. The van der Waals surface area contributed by atoms with E-state index in [0.29, 0.717) is 49.3 Å². The topological polar surface area (TPSA) is 93.3 Å². The first-order valence-electron chi connectivity index (χ1n) is 10.1. The van der Waals surface area contributed by atoms with Gasteiger partial charge in [-0.2, -0.15) is 9.78 Å². The number of aromatic nitrogens is 4. The van der Waals surface area contributed by atoms with Crippen molar-refractivity contribution in [3.05, 3.63) is 74.0 Å². The van der Waals surface area contributed by atoms with Crippen LogP contribution in [0.2, 0.25) is 5.02 Å². The number of nitrogens with zero attached hydrogens (tertiary/aromatic N) is 6. The largest absolute Gasteiger partial charge is 0.365 e. The number of hydrogen-bond donors (Lipinski definition) is 0. The minimum absolute atomic E-state index is 0.0854. The third-order valence-electron chi connectivity index (χ3n) is 5.60. The van der Waals surface area contributed by atoms with E-state index in [2.05, 4.69) is 10.1 Å². The quantitative estimate of drug-likeness (QED) is 0.535. The Hall–Kier alpha value is -3.11. The monoisotopic (exact) mass is 470 g/mol. The molecular formula is C21H19ClN6O3S. The van der Waals surface area contributed by atoms with E-state index in [4.69, 9.17) is 11.6 Å².